The number of alkyl halides is 3. The highest BCUT2D eigenvalue weighted by molar-refractivity contribution is 6.31. The van der Waals surface area contributed by atoms with Crippen molar-refractivity contribution in [1.82, 2.24) is 9.55 Å². The molecule has 0 fully saturated rings. The van der Waals surface area contributed by atoms with Crippen molar-refractivity contribution in [2.24, 2.45) is 0 Å². The molecule has 1 amide bonds. The molecule has 0 aliphatic rings. The fourth-order valence-corrected chi connectivity index (χ4v) is 3.06. The maximum absolute atomic E-state index is 13.6. The molecule has 0 saturated carbocycles. The van der Waals surface area contributed by atoms with Crippen LogP contribution in [0.5, 0.6) is 0 Å². The van der Waals surface area contributed by atoms with Gasteiger partial charge in [-0.3, -0.25) is 4.79 Å². The maximum Gasteiger partial charge on any atom is 0.418 e. The van der Waals surface area contributed by atoms with Gasteiger partial charge in [-0.2, -0.15) is 13.2 Å². The Kier molecular flexibility index (Phi) is 5.47. The van der Waals surface area contributed by atoms with Crippen molar-refractivity contribution in [3.63, 3.8) is 0 Å². The lowest BCUT2D eigenvalue weighted by Gasteiger charge is -2.15. The number of rotatable bonds is 4. The molecule has 146 valence electrons. The first-order valence-electron chi connectivity index (χ1n) is 8.51. The number of amides is 1. The number of imidazole rings is 1. The van der Waals surface area contributed by atoms with Gasteiger partial charge < -0.3 is 9.88 Å². The van der Waals surface area contributed by atoms with E-state index >= 15 is 0 Å². The maximum atomic E-state index is 13.6. The van der Waals surface area contributed by atoms with Crippen LogP contribution in [0.3, 0.4) is 0 Å². The molecule has 0 bridgehead atoms. The van der Waals surface area contributed by atoms with E-state index in [0.29, 0.717) is 22.7 Å². The molecule has 1 aromatic heterocycles. The van der Waals surface area contributed by atoms with Crippen LogP contribution >= 0.6 is 11.6 Å². The van der Waals surface area contributed by atoms with Gasteiger partial charge in [0.15, 0.2) is 0 Å². The van der Waals surface area contributed by atoms with Crippen molar-refractivity contribution in [1.29, 1.82) is 0 Å². The standard InChI is InChI=1S/C20H17ClF3N3O/c1-3-13-8-14(4-6-17(13)21)19(28)26-15-5-7-18(16(9-15)20(22,23)24)27-10-12(2)25-11-27/h4-11H,3H2,1-2H3,(H,26,28). The smallest absolute Gasteiger partial charge is 0.322 e. The van der Waals surface area contributed by atoms with E-state index in [1.807, 2.05) is 6.92 Å². The monoisotopic (exact) mass is 407 g/mol. The van der Waals surface area contributed by atoms with Gasteiger partial charge in [-0.05, 0) is 55.3 Å². The highest BCUT2D eigenvalue weighted by Gasteiger charge is 2.34. The second-order valence-electron chi connectivity index (χ2n) is 6.27. The van der Waals surface area contributed by atoms with Gasteiger partial charge in [0.2, 0.25) is 0 Å². The van der Waals surface area contributed by atoms with Gasteiger partial charge in [-0.25, -0.2) is 4.98 Å². The number of nitrogens with zero attached hydrogens (tertiary/aromatic N) is 2. The number of anilines is 1. The zero-order valence-electron chi connectivity index (χ0n) is 15.1. The number of hydrogen-bond donors (Lipinski definition) is 1. The van der Waals surface area contributed by atoms with Gasteiger partial charge in [-0.1, -0.05) is 18.5 Å². The third-order valence-corrected chi connectivity index (χ3v) is 4.61. The Morgan fingerprint density at radius 2 is 1.96 bits per heavy atom. The van der Waals surface area contributed by atoms with Crippen LogP contribution in [-0.4, -0.2) is 15.5 Å². The Hall–Kier alpha value is -2.80. The van der Waals surface area contributed by atoms with Crippen molar-refractivity contribution in [3.8, 4) is 5.69 Å². The Balaban J connectivity index is 1.94. The van der Waals surface area contributed by atoms with Crippen molar-refractivity contribution < 1.29 is 18.0 Å². The molecule has 3 rings (SSSR count). The second-order valence-corrected chi connectivity index (χ2v) is 6.67. The molecule has 0 aliphatic heterocycles. The fraction of sp³-hybridized carbons (Fsp3) is 0.200. The Morgan fingerprint density at radius 3 is 2.57 bits per heavy atom. The highest BCUT2D eigenvalue weighted by atomic mass is 35.5. The quantitative estimate of drug-likeness (QED) is 0.606. The summed E-state index contributed by atoms with van der Waals surface area (Å²) in [5.74, 6) is -0.509. The van der Waals surface area contributed by atoms with Crippen LogP contribution in [0, 0.1) is 6.92 Å². The zero-order valence-corrected chi connectivity index (χ0v) is 15.9. The SMILES string of the molecule is CCc1cc(C(=O)Nc2ccc(-n3cnc(C)c3)c(C(F)(F)F)c2)ccc1Cl. The lowest BCUT2D eigenvalue weighted by Crippen LogP contribution is -2.15. The minimum Gasteiger partial charge on any atom is -0.322 e. The van der Waals surface area contributed by atoms with E-state index in [1.54, 1.807) is 19.1 Å². The summed E-state index contributed by atoms with van der Waals surface area (Å²) in [4.78, 5) is 16.4. The van der Waals surface area contributed by atoms with Crippen LogP contribution in [0.4, 0.5) is 18.9 Å². The Morgan fingerprint density at radius 1 is 1.21 bits per heavy atom. The molecule has 2 aromatic carbocycles. The molecule has 8 heteroatoms. The van der Waals surface area contributed by atoms with Crippen molar-refractivity contribution in [3.05, 3.63) is 76.3 Å². The molecule has 0 aliphatic carbocycles. The average Bonchev–Trinajstić information content (AvgIpc) is 3.07. The molecule has 1 heterocycles. The molecule has 1 N–H and O–H groups in total. The largest absolute Gasteiger partial charge is 0.418 e. The van der Waals surface area contributed by atoms with Gasteiger partial charge in [0.05, 0.1) is 23.3 Å². The number of halogens is 4. The normalized spacial score (nSPS) is 11.5. The van der Waals surface area contributed by atoms with Gasteiger partial charge in [-0.15, -0.1) is 0 Å². The minimum atomic E-state index is -4.59. The van der Waals surface area contributed by atoms with Crippen LogP contribution < -0.4 is 5.32 Å². The molecule has 0 radical (unpaired) electrons. The van der Waals surface area contributed by atoms with E-state index in [-0.39, 0.29) is 11.4 Å². The third kappa shape index (κ3) is 4.20. The summed E-state index contributed by atoms with van der Waals surface area (Å²) in [7, 11) is 0. The number of hydrogen-bond acceptors (Lipinski definition) is 2. The Labute approximate surface area is 165 Å². The van der Waals surface area contributed by atoms with E-state index < -0.39 is 17.6 Å². The molecule has 0 saturated heterocycles. The number of aromatic nitrogens is 2. The van der Waals surface area contributed by atoms with Crippen LogP contribution in [0.15, 0.2) is 48.9 Å². The van der Waals surface area contributed by atoms with Crippen molar-refractivity contribution in [2.45, 2.75) is 26.4 Å². The van der Waals surface area contributed by atoms with E-state index in [0.717, 1.165) is 11.6 Å². The first-order chi connectivity index (χ1) is 13.2. The fourth-order valence-electron chi connectivity index (χ4n) is 2.81. The molecule has 0 spiro atoms. The zero-order chi connectivity index (χ0) is 20.5. The summed E-state index contributed by atoms with van der Waals surface area (Å²) in [6.45, 7) is 3.59. The van der Waals surface area contributed by atoms with Gasteiger partial charge in [0.1, 0.15) is 0 Å². The Bertz CT molecular complexity index is 1030. The van der Waals surface area contributed by atoms with Gasteiger partial charge in [0.25, 0.3) is 5.91 Å². The van der Waals surface area contributed by atoms with Crippen LogP contribution in [0.25, 0.3) is 5.69 Å². The van der Waals surface area contributed by atoms with Crippen LogP contribution in [0.1, 0.15) is 34.1 Å². The van der Waals surface area contributed by atoms with Crippen molar-refractivity contribution >= 4 is 23.2 Å². The molecule has 28 heavy (non-hydrogen) atoms. The van der Waals surface area contributed by atoms with Gasteiger partial charge >= 0.3 is 6.18 Å². The summed E-state index contributed by atoms with van der Waals surface area (Å²) >= 11 is 6.05. The summed E-state index contributed by atoms with van der Waals surface area (Å²) < 4.78 is 42.0. The lowest BCUT2D eigenvalue weighted by molar-refractivity contribution is -0.137. The van der Waals surface area contributed by atoms with Gasteiger partial charge in [0, 0.05) is 22.5 Å². The summed E-state index contributed by atoms with van der Waals surface area (Å²) in [6, 6.07) is 8.41. The number of carbonyl (C=O) groups is 1. The number of benzene rings is 2. The predicted molar refractivity (Wildman–Crippen MR) is 102 cm³/mol. The lowest BCUT2D eigenvalue weighted by atomic mass is 10.1. The summed E-state index contributed by atoms with van der Waals surface area (Å²) in [5, 5.41) is 3.06. The topological polar surface area (TPSA) is 46.9 Å². The second kappa shape index (κ2) is 7.67. The highest BCUT2D eigenvalue weighted by Crippen LogP contribution is 2.36. The molecule has 0 unspecified atom stereocenters. The summed E-state index contributed by atoms with van der Waals surface area (Å²) in [5.41, 5.74) is 0.824. The van der Waals surface area contributed by atoms with Crippen LogP contribution in [-0.2, 0) is 12.6 Å². The predicted octanol–water partition coefficient (Wildman–Crippen LogP) is 5.67. The van der Waals surface area contributed by atoms with E-state index in [4.69, 9.17) is 11.6 Å². The molecule has 3 aromatic rings. The number of aryl methyl sites for hydroxylation is 2. The van der Waals surface area contributed by atoms with E-state index in [9.17, 15) is 18.0 Å². The third-order valence-electron chi connectivity index (χ3n) is 4.24. The van der Waals surface area contributed by atoms with Crippen molar-refractivity contribution in [2.75, 3.05) is 5.32 Å². The first-order valence-corrected chi connectivity index (χ1v) is 8.89. The molecular formula is C20H17ClF3N3O. The number of carbonyl (C=O) groups excluding carboxylic acids is 1. The van der Waals surface area contributed by atoms with E-state index in [2.05, 4.69) is 10.3 Å². The first kappa shape index (κ1) is 19.9. The van der Waals surface area contributed by atoms with Crippen LogP contribution in [0.2, 0.25) is 5.02 Å². The average molecular weight is 408 g/mol. The molecule has 0 atom stereocenters. The number of nitrogens with one attached hydrogen (secondary N) is 1. The minimum absolute atomic E-state index is 0.0471. The molecule has 4 nitrogen and oxygen atoms in total. The van der Waals surface area contributed by atoms with E-state index in [1.165, 1.54) is 35.3 Å². The molecular weight excluding hydrogens is 391 g/mol. The summed E-state index contributed by atoms with van der Waals surface area (Å²) in [6.07, 6.45) is -1.14.